The number of rotatable bonds is 8. The second-order valence-corrected chi connectivity index (χ2v) is 13.9. The van der Waals surface area contributed by atoms with Crippen molar-refractivity contribution in [1.82, 2.24) is 5.32 Å². The van der Waals surface area contributed by atoms with E-state index < -0.39 is 37.1 Å². The van der Waals surface area contributed by atoms with Crippen LogP contribution in [-0.4, -0.2) is 25.3 Å². The molecule has 1 N–H and O–H groups in total. The molecule has 2 unspecified atom stereocenters. The summed E-state index contributed by atoms with van der Waals surface area (Å²) in [6, 6.07) is 10.2. The topological polar surface area (TPSA) is 81.7 Å². The highest BCUT2D eigenvalue weighted by atomic mass is 35.5. The first-order valence-corrected chi connectivity index (χ1v) is 14.9. The summed E-state index contributed by atoms with van der Waals surface area (Å²) in [4.78, 5) is 25.5. The van der Waals surface area contributed by atoms with Crippen molar-refractivity contribution >= 4 is 81.5 Å². The molecular formula is C25H25Cl3NO5PS. The number of hydrogen-bond acceptors (Lipinski definition) is 6. The fourth-order valence-corrected chi connectivity index (χ4v) is 6.70. The van der Waals surface area contributed by atoms with Gasteiger partial charge in [-0.05, 0) is 85.1 Å². The van der Waals surface area contributed by atoms with Crippen molar-refractivity contribution in [2.24, 2.45) is 5.41 Å². The summed E-state index contributed by atoms with van der Waals surface area (Å²) in [5.41, 5.74) is -0.776. The molecule has 0 aliphatic heterocycles. The van der Waals surface area contributed by atoms with Gasteiger partial charge in [-0.25, -0.2) is 0 Å². The lowest BCUT2D eigenvalue weighted by Crippen LogP contribution is -2.27. The number of amides is 1. The summed E-state index contributed by atoms with van der Waals surface area (Å²) >= 11 is 19.7. The first kappa shape index (κ1) is 28.7. The second kappa shape index (κ2) is 11.7. The Kier molecular flexibility index (Phi) is 9.31. The smallest absolute Gasteiger partial charge is 0.313 e. The fraction of sp³-hybridized carbons (Fsp3) is 0.280. The Bertz CT molecular complexity index is 1350. The predicted octanol–water partition coefficient (Wildman–Crippen LogP) is 8.16. The summed E-state index contributed by atoms with van der Waals surface area (Å²) in [5, 5.41) is 6.49. The highest BCUT2D eigenvalue weighted by molar-refractivity contribution is 7.59. The SMILES string of the molecule is CC(C)(C)C(=O)OCOP(C)(=O)C(C(=O)NC=Cc1cc(Cl)cc(Cl)c1)c1csc2ccc(Cl)cc12. The van der Waals surface area contributed by atoms with Gasteiger partial charge in [-0.2, -0.15) is 0 Å². The van der Waals surface area contributed by atoms with Crippen molar-refractivity contribution in [2.45, 2.75) is 26.4 Å². The Balaban J connectivity index is 1.90. The number of hydrogen-bond donors (Lipinski definition) is 1. The van der Waals surface area contributed by atoms with Crippen LogP contribution in [0.25, 0.3) is 16.2 Å². The van der Waals surface area contributed by atoms with Crippen LogP contribution in [-0.2, 0) is 23.4 Å². The molecule has 0 aliphatic rings. The van der Waals surface area contributed by atoms with Gasteiger partial charge in [0, 0.05) is 32.6 Å². The highest BCUT2D eigenvalue weighted by Crippen LogP contribution is 2.59. The molecule has 0 fully saturated rings. The predicted molar refractivity (Wildman–Crippen MR) is 148 cm³/mol. The number of esters is 1. The minimum atomic E-state index is -3.71. The zero-order chi connectivity index (χ0) is 26.7. The van der Waals surface area contributed by atoms with Crippen LogP contribution < -0.4 is 5.32 Å². The molecule has 192 valence electrons. The summed E-state index contributed by atoms with van der Waals surface area (Å²) in [6.45, 7) is 5.87. The normalized spacial score (nSPS) is 14.5. The number of thiophene rings is 1. The molecule has 0 radical (unpaired) electrons. The van der Waals surface area contributed by atoms with E-state index in [4.69, 9.17) is 44.1 Å². The van der Waals surface area contributed by atoms with Crippen LogP contribution in [0.1, 0.15) is 37.6 Å². The molecule has 2 atom stereocenters. The Labute approximate surface area is 229 Å². The lowest BCUT2D eigenvalue weighted by Gasteiger charge is -2.24. The monoisotopic (exact) mass is 587 g/mol. The Morgan fingerprint density at radius 2 is 1.75 bits per heavy atom. The zero-order valence-electron chi connectivity index (χ0n) is 20.0. The molecule has 11 heteroatoms. The van der Waals surface area contributed by atoms with Crippen LogP contribution in [0.15, 0.2) is 48.0 Å². The molecule has 36 heavy (non-hydrogen) atoms. The molecule has 3 aromatic rings. The van der Waals surface area contributed by atoms with Gasteiger partial charge in [-0.15, -0.1) is 11.3 Å². The first-order chi connectivity index (χ1) is 16.8. The molecule has 0 saturated carbocycles. The third kappa shape index (κ3) is 7.34. The Morgan fingerprint density at radius 3 is 2.39 bits per heavy atom. The van der Waals surface area contributed by atoms with E-state index in [2.05, 4.69) is 5.32 Å². The Hall–Kier alpha value is -1.86. The van der Waals surface area contributed by atoms with Gasteiger partial charge in [-0.1, -0.05) is 34.8 Å². The quantitative estimate of drug-likeness (QED) is 0.163. The molecule has 1 amide bonds. The van der Waals surface area contributed by atoms with E-state index in [0.29, 0.717) is 31.6 Å². The van der Waals surface area contributed by atoms with E-state index in [1.807, 2.05) is 6.07 Å². The van der Waals surface area contributed by atoms with E-state index in [9.17, 15) is 14.2 Å². The molecule has 2 aromatic carbocycles. The van der Waals surface area contributed by atoms with E-state index in [-0.39, 0.29) is 0 Å². The zero-order valence-corrected chi connectivity index (χ0v) is 24.0. The van der Waals surface area contributed by atoms with Crippen LogP contribution in [0.4, 0.5) is 0 Å². The van der Waals surface area contributed by atoms with Crippen LogP contribution in [0, 0.1) is 5.41 Å². The van der Waals surface area contributed by atoms with Crippen LogP contribution >= 0.6 is 53.5 Å². The van der Waals surface area contributed by atoms with E-state index >= 15 is 0 Å². The van der Waals surface area contributed by atoms with Gasteiger partial charge in [0.15, 0.2) is 6.79 Å². The number of benzene rings is 2. The lowest BCUT2D eigenvalue weighted by atomic mass is 9.98. The van der Waals surface area contributed by atoms with Crippen molar-refractivity contribution in [2.75, 3.05) is 13.5 Å². The van der Waals surface area contributed by atoms with Gasteiger partial charge in [0.05, 0.1) is 5.41 Å². The number of nitrogens with one attached hydrogen (secondary N) is 1. The Morgan fingerprint density at radius 1 is 1.08 bits per heavy atom. The molecule has 1 aromatic heterocycles. The van der Waals surface area contributed by atoms with Gasteiger partial charge >= 0.3 is 5.97 Å². The average molecular weight is 589 g/mol. The lowest BCUT2D eigenvalue weighted by molar-refractivity contribution is -0.159. The van der Waals surface area contributed by atoms with Crippen molar-refractivity contribution in [3.05, 3.63) is 74.2 Å². The van der Waals surface area contributed by atoms with Gasteiger partial charge in [0.1, 0.15) is 5.66 Å². The highest BCUT2D eigenvalue weighted by Gasteiger charge is 2.39. The number of carbonyl (C=O) groups excluding carboxylic acids is 2. The summed E-state index contributed by atoms with van der Waals surface area (Å²) in [7, 11) is -3.71. The number of halogens is 3. The summed E-state index contributed by atoms with van der Waals surface area (Å²) < 4.78 is 25.3. The van der Waals surface area contributed by atoms with E-state index in [1.54, 1.807) is 62.6 Å². The first-order valence-electron chi connectivity index (χ1n) is 10.8. The van der Waals surface area contributed by atoms with Gasteiger partial charge < -0.3 is 10.1 Å². The minimum absolute atomic E-state index is 0.448. The minimum Gasteiger partial charge on any atom is -0.438 e. The van der Waals surface area contributed by atoms with Gasteiger partial charge in [0.2, 0.25) is 13.3 Å². The van der Waals surface area contributed by atoms with Crippen molar-refractivity contribution < 1.29 is 23.4 Å². The number of fused-ring (bicyclic) bond motifs is 1. The van der Waals surface area contributed by atoms with Crippen molar-refractivity contribution in [3.63, 3.8) is 0 Å². The number of ether oxygens (including phenoxy) is 1. The third-order valence-corrected chi connectivity index (χ3v) is 8.80. The molecular weight excluding hydrogens is 564 g/mol. The van der Waals surface area contributed by atoms with Crippen molar-refractivity contribution in [1.29, 1.82) is 0 Å². The fourth-order valence-electron chi connectivity index (χ4n) is 3.29. The van der Waals surface area contributed by atoms with Crippen LogP contribution in [0.2, 0.25) is 15.1 Å². The second-order valence-electron chi connectivity index (χ2n) is 9.12. The van der Waals surface area contributed by atoms with Crippen LogP contribution in [0.5, 0.6) is 0 Å². The third-order valence-electron chi connectivity index (χ3n) is 5.08. The standard InChI is InChI=1S/C25H25Cl3NO5PS/c1-25(2,3)24(31)33-14-34-35(4,32)22(20-13-36-21-6-5-16(26)12-19(20)21)23(30)29-8-7-15-9-17(27)11-18(28)10-15/h5-13,22H,14H2,1-4H3,(H,29,30). The van der Waals surface area contributed by atoms with Gasteiger partial charge in [-0.3, -0.25) is 18.7 Å². The molecule has 1 heterocycles. The molecule has 6 nitrogen and oxygen atoms in total. The molecule has 0 bridgehead atoms. The molecule has 0 saturated heterocycles. The van der Waals surface area contributed by atoms with Crippen LogP contribution in [0.3, 0.4) is 0 Å². The molecule has 3 rings (SSSR count). The largest absolute Gasteiger partial charge is 0.438 e. The average Bonchev–Trinajstić information content (AvgIpc) is 3.14. The molecule has 0 aliphatic carbocycles. The number of carbonyl (C=O) groups is 2. The summed E-state index contributed by atoms with van der Waals surface area (Å²) in [5.74, 6) is -1.08. The maximum absolute atomic E-state index is 13.8. The van der Waals surface area contributed by atoms with E-state index in [1.165, 1.54) is 24.2 Å². The summed E-state index contributed by atoms with van der Waals surface area (Å²) in [6.07, 6.45) is 3.03. The van der Waals surface area contributed by atoms with Crippen molar-refractivity contribution in [3.8, 4) is 0 Å². The van der Waals surface area contributed by atoms with Gasteiger partial charge in [0.25, 0.3) is 0 Å². The molecule has 0 spiro atoms. The maximum atomic E-state index is 13.8. The van der Waals surface area contributed by atoms with E-state index in [0.717, 1.165) is 4.70 Å². The maximum Gasteiger partial charge on any atom is 0.313 e.